The van der Waals surface area contributed by atoms with Crippen LogP contribution in [0.1, 0.15) is 123 Å². The lowest BCUT2D eigenvalue weighted by molar-refractivity contribution is 0.234. The summed E-state index contributed by atoms with van der Waals surface area (Å²) in [4.78, 5) is 0. The third-order valence-corrected chi connectivity index (χ3v) is 5.67. The molecule has 0 aliphatic carbocycles. The van der Waals surface area contributed by atoms with E-state index in [4.69, 9.17) is 14.2 Å². The average Bonchev–Trinajstić information content (AvgIpc) is 2.76. The van der Waals surface area contributed by atoms with Crippen molar-refractivity contribution in [3.8, 4) is 17.2 Å². The SMILES string of the molecule is CCCCCCCOc1cc(C)cc(OCCCCCCC)c1OCCCCCCC. The Hall–Kier alpha value is -1.38. The van der Waals surface area contributed by atoms with Crippen molar-refractivity contribution in [2.75, 3.05) is 19.8 Å². The van der Waals surface area contributed by atoms with Gasteiger partial charge in [0.05, 0.1) is 19.8 Å². The van der Waals surface area contributed by atoms with E-state index in [1.54, 1.807) is 0 Å². The molecule has 0 aliphatic rings. The number of ether oxygens (including phenoxy) is 3. The second-order valence-corrected chi connectivity index (χ2v) is 8.88. The zero-order chi connectivity index (χ0) is 22.6. The van der Waals surface area contributed by atoms with Crippen LogP contribution in [-0.4, -0.2) is 19.8 Å². The maximum Gasteiger partial charge on any atom is 0.203 e. The van der Waals surface area contributed by atoms with Gasteiger partial charge in [-0.3, -0.25) is 0 Å². The van der Waals surface area contributed by atoms with Crippen LogP contribution in [-0.2, 0) is 0 Å². The Balaban J connectivity index is 2.66. The van der Waals surface area contributed by atoms with Crippen LogP contribution < -0.4 is 14.2 Å². The maximum atomic E-state index is 6.24. The highest BCUT2D eigenvalue weighted by atomic mass is 16.5. The highest BCUT2D eigenvalue weighted by molar-refractivity contribution is 5.53. The Morgan fingerprint density at radius 2 is 0.839 bits per heavy atom. The van der Waals surface area contributed by atoms with Crippen LogP contribution in [0.2, 0.25) is 0 Å². The molecule has 0 aromatic heterocycles. The quantitative estimate of drug-likeness (QED) is 0.181. The zero-order valence-corrected chi connectivity index (χ0v) is 21.1. The Morgan fingerprint density at radius 1 is 0.484 bits per heavy atom. The van der Waals surface area contributed by atoms with Crippen molar-refractivity contribution in [2.45, 2.75) is 124 Å². The minimum atomic E-state index is 0.729. The smallest absolute Gasteiger partial charge is 0.203 e. The van der Waals surface area contributed by atoms with Crippen molar-refractivity contribution in [2.24, 2.45) is 0 Å². The van der Waals surface area contributed by atoms with E-state index in [1.165, 1.54) is 77.0 Å². The molecule has 0 heterocycles. The Kier molecular flexibility index (Phi) is 17.2. The van der Waals surface area contributed by atoms with Gasteiger partial charge in [0.1, 0.15) is 0 Å². The molecule has 0 atom stereocenters. The van der Waals surface area contributed by atoms with Gasteiger partial charge in [0.2, 0.25) is 5.75 Å². The average molecular weight is 435 g/mol. The number of aryl methyl sites for hydroxylation is 1. The van der Waals surface area contributed by atoms with Crippen molar-refractivity contribution >= 4 is 0 Å². The minimum Gasteiger partial charge on any atom is -0.490 e. The van der Waals surface area contributed by atoms with Gasteiger partial charge in [-0.25, -0.2) is 0 Å². The van der Waals surface area contributed by atoms with Gasteiger partial charge in [-0.2, -0.15) is 0 Å². The van der Waals surface area contributed by atoms with Crippen molar-refractivity contribution in [1.29, 1.82) is 0 Å². The van der Waals surface area contributed by atoms with Crippen LogP contribution in [0.3, 0.4) is 0 Å². The Bertz CT molecular complexity index is 504. The van der Waals surface area contributed by atoms with Crippen molar-refractivity contribution < 1.29 is 14.2 Å². The lowest BCUT2D eigenvalue weighted by atomic mass is 10.1. The summed E-state index contributed by atoms with van der Waals surface area (Å²) in [6.07, 6.45) is 18.6. The molecular weight excluding hydrogens is 384 g/mol. The van der Waals surface area contributed by atoms with Gasteiger partial charge in [0.15, 0.2) is 11.5 Å². The maximum absolute atomic E-state index is 6.24. The molecule has 1 rings (SSSR count). The molecule has 1 aromatic rings. The van der Waals surface area contributed by atoms with E-state index >= 15 is 0 Å². The van der Waals surface area contributed by atoms with E-state index in [0.717, 1.165) is 61.9 Å². The first-order valence-corrected chi connectivity index (χ1v) is 13.3. The zero-order valence-electron chi connectivity index (χ0n) is 21.1. The molecular formula is C28H50O3. The van der Waals surface area contributed by atoms with Crippen molar-refractivity contribution in [3.63, 3.8) is 0 Å². The van der Waals surface area contributed by atoms with Crippen LogP contribution in [0.15, 0.2) is 12.1 Å². The molecule has 3 nitrogen and oxygen atoms in total. The second kappa shape index (κ2) is 19.3. The van der Waals surface area contributed by atoms with Gasteiger partial charge in [-0.15, -0.1) is 0 Å². The van der Waals surface area contributed by atoms with Crippen LogP contribution in [0, 0.1) is 6.92 Å². The molecule has 0 saturated heterocycles. The van der Waals surface area contributed by atoms with Crippen LogP contribution in [0.5, 0.6) is 17.2 Å². The van der Waals surface area contributed by atoms with Gasteiger partial charge in [-0.05, 0) is 43.9 Å². The number of hydrogen-bond acceptors (Lipinski definition) is 3. The summed E-state index contributed by atoms with van der Waals surface area (Å²) in [7, 11) is 0. The standard InChI is InChI=1S/C28H50O3/c1-5-8-11-14-17-20-29-26-23-25(4)24-27(30-21-18-15-12-9-6-2)28(26)31-22-19-16-13-10-7-3/h23-24H,5-22H2,1-4H3. The summed E-state index contributed by atoms with van der Waals surface area (Å²) in [6, 6.07) is 4.21. The van der Waals surface area contributed by atoms with E-state index in [9.17, 15) is 0 Å². The molecule has 0 unspecified atom stereocenters. The molecule has 0 bridgehead atoms. The van der Waals surface area contributed by atoms with E-state index in [0.29, 0.717) is 0 Å². The van der Waals surface area contributed by atoms with Crippen LogP contribution in [0.4, 0.5) is 0 Å². The Morgan fingerprint density at radius 3 is 1.23 bits per heavy atom. The van der Waals surface area contributed by atoms with Crippen molar-refractivity contribution in [1.82, 2.24) is 0 Å². The molecule has 31 heavy (non-hydrogen) atoms. The predicted octanol–water partition coefficient (Wildman–Crippen LogP) is 9.04. The lowest BCUT2D eigenvalue weighted by Gasteiger charge is -2.18. The summed E-state index contributed by atoms with van der Waals surface area (Å²) < 4.78 is 18.6. The summed E-state index contributed by atoms with van der Waals surface area (Å²) in [5.74, 6) is 2.51. The van der Waals surface area contributed by atoms with Crippen molar-refractivity contribution in [3.05, 3.63) is 17.7 Å². The first-order chi connectivity index (χ1) is 15.2. The molecule has 0 fully saturated rings. The number of rotatable bonds is 21. The van der Waals surface area contributed by atoms with Crippen LogP contribution >= 0.6 is 0 Å². The van der Waals surface area contributed by atoms with Crippen LogP contribution in [0.25, 0.3) is 0 Å². The monoisotopic (exact) mass is 434 g/mol. The van der Waals surface area contributed by atoms with E-state index in [-0.39, 0.29) is 0 Å². The highest BCUT2D eigenvalue weighted by Gasteiger charge is 2.15. The second-order valence-electron chi connectivity index (χ2n) is 8.88. The first kappa shape index (κ1) is 27.7. The molecule has 3 heteroatoms. The van der Waals surface area contributed by atoms with Gasteiger partial charge < -0.3 is 14.2 Å². The normalized spacial score (nSPS) is 11.0. The number of unbranched alkanes of at least 4 members (excludes halogenated alkanes) is 12. The fraction of sp³-hybridized carbons (Fsp3) is 0.786. The largest absolute Gasteiger partial charge is 0.490 e. The van der Waals surface area contributed by atoms with Gasteiger partial charge >= 0.3 is 0 Å². The Labute approximate surface area is 193 Å². The number of benzene rings is 1. The molecule has 180 valence electrons. The molecule has 0 aliphatic heterocycles. The molecule has 0 spiro atoms. The molecule has 0 radical (unpaired) electrons. The lowest BCUT2D eigenvalue weighted by Crippen LogP contribution is -2.06. The predicted molar refractivity (Wildman–Crippen MR) is 134 cm³/mol. The summed E-state index contributed by atoms with van der Waals surface area (Å²) in [5, 5.41) is 0. The molecule has 0 amide bonds. The first-order valence-electron chi connectivity index (χ1n) is 13.3. The van der Waals surface area contributed by atoms with Gasteiger partial charge in [0.25, 0.3) is 0 Å². The van der Waals surface area contributed by atoms with E-state index < -0.39 is 0 Å². The summed E-state index contributed by atoms with van der Waals surface area (Å²) >= 11 is 0. The highest BCUT2D eigenvalue weighted by Crippen LogP contribution is 2.39. The topological polar surface area (TPSA) is 27.7 Å². The number of hydrogen-bond donors (Lipinski definition) is 0. The summed E-state index contributed by atoms with van der Waals surface area (Å²) in [6.45, 7) is 11.1. The molecule has 0 saturated carbocycles. The van der Waals surface area contributed by atoms with E-state index in [2.05, 4.69) is 39.8 Å². The molecule has 0 N–H and O–H groups in total. The molecule has 1 aromatic carbocycles. The fourth-order valence-corrected chi connectivity index (χ4v) is 3.72. The third kappa shape index (κ3) is 13.6. The fourth-order valence-electron chi connectivity index (χ4n) is 3.72. The summed E-state index contributed by atoms with van der Waals surface area (Å²) in [5.41, 5.74) is 1.16. The van der Waals surface area contributed by atoms with E-state index in [1.807, 2.05) is 0 Å². The van der Waals surface area contributed by atoms with Gasteiger partial charge in [0, 0.05) is 0 Å². The minimum absolute atomic E-state index is 0.729. The third-order valence-electron chi connectivity index (χ3n) is 5.67. The van der Waals surface area contributed by atoms with Gasteiger partial charge in [-0.1, -0.05) is 97.8 Å².